The van der Waals surface area contributed by atoms with Crippen LogP contribution in [0.2, 0.25) is 0 Å². The Morgan fingerprint density at radius 3 is 2.27 bits per heavy atom. The quantitative estimate of drug-likeness (QED) is 0.110. The van der Waals surface area contributed by atoms with E-state index in [0.29, 0.717) is 67.8 Å². The molecule has 5 rings (SSSR count). The summed E-state index contributed by atoms with van der Waals surface area (Å²) in [6, 6.07) is 3.48. The van der Waals surface area contributed by atoms with Crippen molar-refractivity contribution in [3.05, 3.63) is 46.9 Å². The molecule has 0 spiro atoms. The summed E-state index contributed by atoms with van der Waals surface area (Å²) < 4.78 is 30.5. The lowest BCUT2D eigenvalue weighted by Crippen LogP contribution is -2.48. The molecule has 13 heteroatoms. The van der Waals surface area contributed by atoms with E-state index in [1.165, 1.54) is 13.0 Å². The van der Waals surface area contributed by atoms with Gasteiger partial charge in [-0.25, -0.2) is 8.78 Å². The number of amides is 2. The number of alkyl halides is 2. The lowest BCUT2D eigenvalue weighted by Gasteiger charge is -2.39. The first-order valence-electron chi connectivity index (χ1n) is 18.6. The zero-order chi connectivity index (χ0) is 36.5. The van der Waals surface area contributed by atoms with Gasteiger partial charge in [-0.15, -0.1) is 0 Å². The van der Waals surface area contributed by atoms with E-state index in [2.05, 4.69) is 10.4 Å². The molecule has 0 bridgehead atoms. The maximum atomic E-state index is 14.5. The highest BCUT2D eigenvalue weighted by molar-refractivity contribution is 6.09. The summed E-state index contributed by atoms with van der Waals surface area (Å²) in [4.78, 5) is 41.5. The number of piperidine rings is 1. The number of halogens is 2. The van der Waals surface area contributed by atoms with Crippen molar-refractivity contribution in [2.75, 3.05) is 37.6 Å². The summed E-state index contributed by atoms with van der Waals surface area (Å²) in [6.45, 7) is 4.18. The van der Waals surface area contributed by atoms with Crippen LogP contribution in [-0.2, 0) is 27.9 Å². The smallest absolute Gasteiger partial charge is 0.303 e. The van der Waals surface area contributed by atoms with Crippen molar-refractivity contribution in [3.8, 4) is 11.1 Å². The van der Waals surface area contributed by atoms with E-state index in [1.54, 1.807) is 29.0 Å². The molecule has 0 unspecified atom stereocenters. The number of nitrogens with zero attached hydrogens (tertiary/aromatic N) is 5. The van der Waals surface area contributed by atoms with Gasteiger partial charge in [-0.1, -0.05) is 32.1 Å². The van der Waals surface area contributed by atoms with Gasteiger partial charge in [0.05, 0.1) is 12.7 Å². The van der Waals surface area contributed by atoms with E-state index in [4.69, 9.17) is 5.11 Å². The molecule has 51 heavy (non-hydrogen) atoms. The number of unbranched alkanes of at least 4 members (excludes halogenated alkanes) is 6. The Hall–Kier alpha value is -4.29. The van der Waals surface area contributed by atoms with Gasteiger partial charge in [-0.3, -0.25) is 24.5 Å². The molecule has 1 fully saturated rings. The number of carbonyl (C=O) groups is 3. The minimum atomic E-state index is -2.70. The lowest BCUT2D eigenvalue weighted by atomic mass is 9.92. The van der Waals surface area contributed by atoms with Crippen molar-refractivity contribution < 1.29 is 28.3 Å². The molecular formula is C38H53F2N7O4. The second-order valence-corrected chi connectivity index (χ2v) is 14.2. The average Bonchev–Trinajstić information content (AvgIpc) is 3.55. The van der Waals surface area contributed by atoms with Gasteiger partial charge in [0, 0.05) is 99.7 Å². The number of hydrogen-bond acceptors (Lipinski definition) is 6. The summed E-state index contributed by atoms with van der Waals surface area (Å²) in [5.41, 5.74) is 4.15. The van der Waals surface area contributed by atoms with Gasteiger partial charge in [-0.05, 0) is 61.8 Å². The maximum Gasteiger partial charge on any atom is 0.303 e. The number of aliphatic carboxylic acids is 1. The molecule has 0 radical (unpaired) electrons. The van der Waals surface area contributed by atoms with E-state index in [9.17, 15) is 28.6 Å². The summed E-state index contributed by atoms with van der Waals surface area (Å²) >= 11 is 0. The summed E-state index contributed by atoms with van der Waals surface area (Å²) in [7, 11) is 1.76. The Bertz CT molecular complexity index is 1600. The number of amidine groups is 1. The topological polar surface area (TPSA) is 135 Å². The number of aromatic nitrogens is 2. The number of nitrogens with one attached hydrogen (secondary N) is 2. The van der Waals surface area contributed by atoms with Gasteiger partial charge in [-0.2, -0.15) is 5.10 Å². The highest BCUT2D eigenvalue weighted by Crippen LogP contribution is 2.39. The number of benzene rings is 1. The highest BCUT2D eigenvalue weighted by Gasteiger charge is 2.32. The van der Waals surface area contributed by atoms with E-state index in [-0.39, 0.29) is 42.2 Å². The summed E-state index contributed by atoms with van der Waals surface area (Å²) in [5.74, 6) is -0.394. The van der Waals surface area contributed by atoms with Crippen molar-refractivity contribution in [1.82, 2.24) is 24.9 Å². The second kappa shape index (κ2) is 17.8. The zero-order valence-electron chi connectivity index (χ0n) is 30.1. The molecule has 0 aliphatic carbocycles. The number of anilines is 1. The third-order valence-corrected chi connectivity index (χ3v) is 10.5. The van der Waals surface area contributed by atoms with E-state index in [1.807, 2.05) is 15.9 Å². The van der Waals surface area contributed by atoms with Crippen molar-refractivity contribution in [2.24, 2.45) is 7.05 Å². The number of likely N-dealkylation sites (tertiary alicyclic amines) is 1. The van der Waals surface area contributed by atoms with Gasteiger partial charge >= 0.3 is 5.97 Å². The third kappa shape index (κ3) is 9.94. The Morgan fingerprint density at radius 1 is 0.961 bits per heavy atom. The van der Waals surface area contributed by atoms with Gasteiger partial charge in [0.25, 0.3) is 6.43 Å². The van der Waals surface area contributed by atoms with Crippen LogP contribution in [0.15, 0.2) is 35.8 Å². The van der Waals surface area contributed by atoms with Gasteiger partial charge in [0.15, 0.2) is 0 Å². The molecule has 4 heterocycles. The zero-order valence-corrected chi connectivity index (χ0v) is 30.1. The minimum Gasteiger partial charge on any atom is -0.481 e. The third-order valence-electron chi connectivity index (χ3n) is 10.5. The molecule has 2 amide bonds. The minimum absolute atomic E-state index is 0.0675. The van der Waals surface area contributed by atoms with Crippen molar-refractivity contribution in [1.29, 1.82) is 5.41 Å². The predicted octanol–water partition coefficient (Wildman–Crippen LogP) is 6.44. The van der Waals surface area contributed by atoms with Crippen LogP contribution in [-0.4, -0.2) is 87.1 Å². The molecule has 3 N–H and O–H groups in total. The normalized spacial score (nSPS) is 16.8. The largest absolute Gasteiger partial charge is 0.481 e. The van der Waals surface area contributed by atoms with Crippen LogP contribution in [0.25, 0.3) is 11.1 Å². The van der Waals surface area contributed by atoms with Crippen LogP contribution < -0.4 is 10.2 Å². The molecule has 1 saturated heterocycles. The van der Waals surface area contributed by atoms with Gasteiger partial charge in [0.1, 0.15) is 5.84 Å². The first kappa shape index (κ1) is 38.0. The number of carboxylic acids is 1. The fourth-order valence-corrected chi connectivity index (χ4v) is 7.56. The van der Waals surface area contributed by atoms with Crippen LogP contribution >= 0.6 is 0 Å². The van der Waals surface area contributed by atoms with Crippen LogP contribution in [0.3, 0.4) is 0 Å². The number of carboxylic acid groups (broad SMARTS) is 1. The molecule has 2 aromatic rings. The Morgan fingerprint density at radius 2 is 1.65 bits per heavy atom. The molecule has 0 atom stereocenters. The number of carbonyl (C=O) groups excluding carboxylic acids is 2. The molecule has 278 valence electrons. The van der Waals surface area contributed by atoms with Crippen LogP contribution in [0.5, 0.6) is 0 Å². The van der Waals surface area contributed by atoms with Crippen molar-refractivity contribution in [3.63, 3.8) is 0 Å². The lowest BCUT2D eigenvalue weighted by molar-refractivity contribution is -0.137. The van der Waals surface area contributed by atoms with Gasteiger partial charge < -0.3 is 25.1 Å². The first-order valence-corrected chi connectivity index (χ1v) is 18.6. The van der Waals surface area contributed by atoms with E-state index in [0.717, 1.165) is 75.5 Å². The van der Waals surface area contributed by atoms with Crippen molar-refractivity contribution in [2.45, 2.75) is 109 Å². The molecule has 1 aromatic carbocycles. The number of fused-ring (bicyclic) bond motifs is 1. The van der Waals surface area contributed by atoms with Gasteiger partial charge in [0.2, 0.25) is 11.8 Å². The van der Waals surface area contributed by atoms with Crippen LogP contribution in [0.1, 0.15) is 108 Å². The first-order chi connectivity index (χ1) is 24.5. The van der Waals surface area contributed by atoms with E-state index >= 15 is 0 Å². The van der Waals surface area contributed by atoms with E-state index < -0.39 is 12.4 Å². The Kier molecular flexibility index (Phi) is 13.2. The molecule has 1 aromatic heterocycles. The monoisotopic (exact) mass is 709 g/mol. The second-order valence-electron chi connectivity index (χ2n) is 14.2. The summed E-state index contributed by atoms with van der Waals surface area (Å²) in [5, 5.41) is 26.1. The van der Waals surface area contributed by atoms with Crippen LogP contribution in [0, 0.1) is 5.41 Å². The standard InChI is InChI=1S/C38H53F2N7O4/c1-26(48)46-20-16-33(43-29-14-18-45(19-15-29)35(49)12-8-6-4-3-5-7-9-13-36(50)51)32(25-46)38(41)47-17-10-11-27-21-30(28-23-42-44(2)24-28)31(37(39)40)22-34(27)47/h21-24,29,37,41,43H,3-20,25H2,1-2H3,(H,50,51). The Balaban J connectivity index is 1.21. The van der Waals surface area contributed by atoms with Crippen molar-refractivity contribution >= 4 is 29.3 Å². The predicted molar refractivity (Wildman–Crippen MR) is 193 cm³/mol. The SMILES string of the molecule is CC(=O)N1CCC(NC2CCN(C(=O)CCCCCCCCCC(=O)O)CC2)=C(C(=N)N2CCCc3cc(-c4cnn(C)c4)c(C(F)F)cc32)C1. The molecule has 0 saturated carbocycles. The average molecular weight is 710 g/mol. The Labute approximate surface area is 299 Å². The molecule has 11 nitrogen and oxygen atoms in total. The molecule has 3 aliphatic heterocycles. The fraction of sp³-hybridized carbons (Fsp3) is 0.605. The number of aryl methyl sites for hydroxylation is 2. The fourth-order valence-electron chi connectivity index (χ4n) is 7.56. The molecule has 3 aliphatic rings. The summed E-state index contributed by atoms with van der Waals surface area (Å²) in [6.07, 6.45) is 11.7. The van der Waals surface area contributed by atoms with Crippen LogP contribution in [0.4, 0.5) is 14.5 Å². The maximum absolute atomic E-state index is 14.5. The molecular weight excluding hydrogens is 656 g/mol. The number of hydrogen-bond donors (Lipinski definition) is 3. The number of rotatable bonds is 15. The highest BCUT2D eigenvalue weighted by atomic mass is 19.3.